The van der Waals surface area contributed by atoms with Gasteiger partial charge in [-0.05, 0) is 48.9 Å². The number of ketones is 1. The van der Waals surface area contributed by atoms with Crippen molar-refractivity contribution in [1.29, 1.82) is 0 Å². The fourth-order valence-corrected chi connectivity index (χ4v) is 2.42. The number of rotatable bonds is 9. The highest BCUT2D eigenvalue weighted by atomic mass is 35.5. The fourth-order valence-electron chi connectivity index (χ4n) is 2.30. The summed E-state index contributed by atoms with van der Waals surface area (Å²) in [4.78, 5) is 23.7. The van der Waals surface area contributed by atoms with Crippen molar-refractivity contribution in [2.45, 2.75) is 25.9 Å². The van der Waals surface area contributed by atoms with Gasteiger partial charge in [0.1, 0.15) is 11.8 Å². The van der Waals surface area contributed by atoms with Crippen molar-refractivity contribution in [3.63, 3.8) is 0 Å². The van der Waals surface area contributed by atoms with Gasteiger partial charge in [0.2, 0.25) is 0 Å². The largest absolute Gasteiger partial charge is 0.494 e. The van der Waals surface area contributed by atoms with Crippen LogP contribution in [0.25, 0.3) is 0 Å². The normalized spacial score (nSPS) is 11.8. The van der Waals surface area contributed by atoms with Crippen molar-refractivity contribution in [1.82, 2.24) is 5.32 Å². The Morgan fingerprint density at radius 2 is 1.76 bits per heavy atom. The molecular formula is C19H20ClNO4. The molecule has 1 atom stereocenters. The number of ether oxygens (including phenoxy) is 1. The third kappa shape index (κ3) is 5.89. The Bertz CT molecular complexity index is 713. The fraction of sp³-hybridized carbons (Fsp3) is 0.263. The van der Waals surface area contributed by atoms with Crippen LogP contribution in [0.15, 0.2) is 48.5 Å². The van der Waals surface area contributed by atoms with E-state index in [9.17, 15) is 14.7 Å². The number of halogens is 1. The topological polar surface area (TPSA) is 75.6 Å². The molecule has 0 amide bonds. The van der Waals surface area contributed by atoms with E-state index in [0.29, 0.717) is 29.5 Å². The van der Waals surface area contributed by atoms with E-state index in [1.54, 1.807) is 36.4 Å². The van der Waals surface area contributed by atoms with Gasteiger partial charge >= 0.3 is 5.97 Å². The Balaban J connectivity index is 1.96. The van der Waals surface area contributed by atoms with E-state index in [1.807, 2.05) is 19.1 Å². The van der Waals surface area contributed by atoms with Crippen LogP contribution in [0.3, 0.4) is 0 Å². The molecule has 0 aliphatic heterocycles. The zero-order chi connectivity index (χ0) is 18.2. The second kappa shape index (κ2) is 9.20. The summed E-state index contributed by atoms with van der Waals surface area (Å²) in [5, 5.41) is 12.9. The van der Waals surface area contributed by atoms with Gasteiger partial charge in [-0.2, -0.15) is 0 Å². The molecule has 0 fully saturated rings. The van der Waals surface area contributed by atoms with Crippen molar-refractivity contribution in [2.24, 2.45) is 0 Å². The molecule has 0 radical (unpaired) electrons. The van der Waals surface area contributed by atoms with Crippen molar-refractivity contribution in [3.05, 3.63) is 64.7 Å². The van der Waals surface area contributed by atoms with Crippen LogP contribution in [0.4, 0.5) is 0 Å². The molecule has 2 aromatic carbocycles. The Labute approximate surface area is 151 Å². The van der Waals surface area contributed by atoms with Gasteiger partial charge in [0.05, 0.1) is 6.61 Å². The number of carboxylic acids is 1. The van der Waals surface area contributed by atoms with E-state index >= 15 is 0 Å². The highest BCUT2D eigenvalue weighted by Gasteiger charge is 2.21. The first-order valence-corrected chi connectivity index (χ1v) is 8.34. The number of carbonyl (C=O) groups excluding carboxylic acids is 1. The van der Waals surface area contributed by atoms with E-state index < -0.39 is 12.0 Å². The monoisotopic (exact) mass is 361 g/mol. The predicted molar refractivity (Wildman–Crippen MR) is 96.3 cm³/mol. The van der Waals surface area contributed by atoms with Gasteiger partial charge in [-0.3, -0.25) is 14.9 Å². The maximum absolute atomic E-state index is 12.3. The Morgan fingerprint density at radius 1 is 1.12 bits per heavy atom. The molecule has 0 heterocycles. The molecule has 0 aliphatic rings. The summed E-state index contributed by atoms with van der Waals surface area (Å²) >= 11 is 5.82. The number of Topliss-reactive ketones (excluding diaryl/α,β-unsaturated/α-hetero) is 1. The lowest BCUT2D eigenvalue weighted by Crippen LogP contribution is -2.38. The third-order valence-corrected chi connectivity index (χ3v) is 3.89. The lowest BCUT2D eigenvalue weighted by molar-refractivity contribution is -0.139. The van der Waals surface area contributed by atoms with Crippen LogP contribution in [-0.2, 0) is 11.3 Å². The number of hydrogen-bond acceptors (Lipinski definition) is 4. The molecule has 0 aromatic heterocycles. The highest BCUT2D eigenvalue weighted by Crippen LogP contribution is 2.15. The van der Waals surface area contributed by atoms with Crippen molar-refractivity contribution in [2.75, 3.05) is 6.61 Å². The summed E-state index contributed by atoms with van der Waals surface area (Å²) in [6.07, 6.45) is -0.128. The average Bonchev–Trinajstić information content (AvgIpc) is 2.60. The Morgan fingerprint density at radius 3 is 2.32 bits per heavy atom. The lowest BCUT2D eigenvalue weighted by Gasteiger charge is -2.14. The SMILES string of the molecule is CCOc1ccc(C(=O)C[C@@H](NCc2ccc(Cl)cc2)C(=O)O)cc1. The number of benzene rings is 2. The van der Waals surface area contributed by atoms with Crippen LogP contribution < -0.4 is 10.1 Å². The van der Waals surface area contributed by atoms with Gasteiger partial charge < -0.3 is 9.84 Å². The van der Waals surface area contributed by atoms with Crippen LogP contribution in [-0.4, -0.2) is 29.5 Å². The van der Waals surface area contributed by atoms with Gasteiger partial charge in [-0.1, -0.05) is 23.7 Å². The Hall–Kier alpha value is -2.37. The summed E-state index contributed by atoms with van der Waals surface area (Å²) in [6.45, 7) is 2.76. The number of hydrogen-bond donors (Lipinski definition) is 2. The smallest absolute Gasteiger partial charge is 0.321 e. The molecule has 0 saturated heterocycles. The zero-order valence-corrected chi connectivity index (χ0v) is 14.6. The van der Waals surface area contributed by atoms with Gasteiger partial charge in [0.15, 0.2) is 5.78 Å². The molecule has 0 aliphatic carbocycles. The summed E-state index contributed by atoms with van der Waals surface area (Å²) in [6, 6.07) is 12.8. The summed E-state index contributed by atoms with van der Waals surface area (Å²) in [5.74, 6) is -0.623. The molecule has 0 unspecified atom stereocenters. The first kappa shape index (κ1) is 19.0. The van der Waals surface area contributed by atoms with E-state index in [4.69, 9.17) is 16.3 Å². The van der Waals surface area contributed by atoms with Gasteiger partial charge in [0, 0.05) is 23.6 Å². The summed E-state index contributed by atoms with van der Waals surface area (Å²) in [7, 11) is 0. The maximum atomic E-state index is 12.3. The quantitative estimate of drug-likeness (QED) is 0.668. The van der Waals surface area contributed by atoms with Gasteiger partial charge in [-0.25, -0.2) is 0 Å². The minimum absolute atomic E-state index is 0.128. The van der Waals surface area contributed by atoms with Crippen molar-refractivity contribution < 1.29 is 19.4 Å². The maximum Gasteiger partial charge on any atom is 0.321 e. The highest BCUT2D eigenvalue weighted by molar-refractivity contribution is 6.30. The molecule has 0 saturated carbocycles. The van der Waals surface area contributed by atoms with Crippen LogP contribution in [0.2, 0.25) is 5.02 Å². The number of carboxylic acid groups (broad SMARTS) is 1. The van der Waals surface area contributed by atoms with Crippen molar-refractivity contribution in [3.8, 4) is 5.75 Å². The lowest BCUT2D eigenvalue weighted by atomic mass is 10.0. The molecule has 0 bridgehead atoms. The van der Waals surface area contributed by atoms with Crippen LogP contribution in [0.5, 0.6) is 5.75 Å². The molecule has 132 valence electrons. The standard InChI is InChI=1S/C19H20ClNO4/c1-2-25-16-9-5-14(6-10-16)18(22)11-17(19(23)24)21-12-13-3-7-15(20)8-4-13/h3-10,17,21H,2,11-12H2,1H3,(H,23,24)/t17-/m1/s1. The number of nitrogens with one attached hydrogen (secondary N) is 1. The molecule has 2 aromatic rings. The van der Waals surface area contributed by atoms with Crippen LogP contribution in [0.1, 0.15) is 29.3 Å². The first-order chi connectivity index (χ1) is 12.0. The van der Waals surface area contributed by atoms with Crippen LogP contribution >= 0.6 is 11.6 Å². The summed E-state index contributed by atoms with van der Waals surface area (Å²) in [5.41, 5.74) is 1.35. The van der Waals surface area contributed by atoms with E-state index in [-0.39, 0.29) is 12.2 Å². The second-order valence-electron chi connectivity index (χ2n) is 5.48. The second-order valence-corrected chi connectivity index (χ2v) is 5.92. The van der Waals surface area contributed by atoms with Crippen LogP contribution in [0, 0.1) is 0 Å². The van der Waals surface area contributed by atoms with E-state index in [1.165, 1.54) is 0 Å². The predicted octanol–water partition coefficient (Wildman–Crippen LogP) is 3.55. The molecule has 0 spiro atoms. The Kier molecular flexibility index (Phi) is 6.98. The summed E-state index contributed by atoms with van der Waals surface area (Å²) < 4.78 is 5.33. The minimum Gasteiger partial charge on any atom is -0.494 e. The first-order valence-electron chi connectivity index (χ1n) is 7.96. The molecule has 2 rings (SSSR count). The number of aliphatic carboxylic acids is 1. The molecule has 2 N–H and O–H groups in total. The van der Waals surface area contributed by atoms with Gasteiger partial charge in [-0.15, -0.1) is 0 Å². The molecule has 5 nitrogen and oxygen atoms in total. The van der Waals surface area contributed by atoms with Crippen molar-refractivity contribution >= 4 is 23.4 Å². The minimum atomic E-state index is -1.06. The molecule has 6 heteroatoms. The van der Waals surface area contributed by atoms with E-state index in [2.05, 4.69) is 5.32 Å². The van der Waals surface area contributed by atoms with Gasteiger partial charge in [0.25, 0.3) is 0 Å². The average molecular weight is 362 g/mol. The molecular weight excluding hydrogens is 342 g/mol. The third-order valence-electron chi connectivity index (χ3n) is 3.64. The zero-order valence-electron chi connectivity index (χ0n) is 13.9. The number of carbonyl (C=O) groups is 2. The molecule has 25 heavy (non-hydrogen) atoms. The van der Waals surface area contributed by atoms with E-state index in [0.717, 1.165) is 5.56 Å².